The second kappa shape index (κ2) is 7.04. The maximum atomic E-state index is 12.5. The number of rotatable bonds is 3. The third-order valence-corrected chi connectivity index (χ3v) is 4.46. The Morgan fingerprint density at radius 1 is 1.29 bits per heavy atom. The smallest absolute Gasteiger partial charge is 0.416 e. The molecule has 0 aliphatic carbocycles. The molecule has 0 saturated heterocycles. The van der Waals surface area contributed by atoms with Crippen LogP contribution in [0.1, 0.15) is 5.56 Å². The Hall–Kier alpha value is -1.41. The van der Waals surface area contributed by atoms with Gasteiger partial charge >= 0.3 is 12.1 Å². The second-order valence-electron chi connectivity index (χ2n) is 3.94. The molecule has 2 aromatic rings. The first kappa shape index (κ1) is 17.6. The lowest BCUT2D eigenvalue weighted by Crippen LogP contribution is -2.04. The molecule has 1 heterocycles. The van der Waals surface area contributed by atoms with Crippen LogP contribution in [0.5, 0.6) is 0 Å². The van der Waals surface area contributed by atoms with Gasteiger partial charge in [0.05, 0.1) is 24.4 Å². The van der Waals surface area contributed by atoms with E-state index in [2.05, 4.69) is 9.72 Å². The number of hydrogen-bond acceptors (Lipinski definition) is 3. The van der Waals surface area contributed by atoms with Gasteiger partial charge in [-0.25, -0.2) is 9.78 Å². The molecule has 21 heavy (non-hydrogen) atoms. The lowest BCUT2D eigenvalue weighted by Gasteiger charge is -2.05. The van der Waals surface area contributed by atoms with Gasteiger partial charge in [0.2, 0.25) is 5.75 Å². The van der Waals surface area contributed by atoms with Crippen LogP contribution < -0.4 is 0 Å². The maximum absolute atomic E-state index is 12.5. The Balaban J connectivity index is 0.00000220. The SMILES string of the molecule is Br.COC(=O)C[s+]1ccnc1-c1ccc(C(F)(F)F)cc1. The van der Waals surface area contributed by atoms with E-state index in [1.54, 1.807) is 11.6 Å². The zero-order valence-electron chi connectivity index (χ0n) is 10.9. The van der Waals surface area contributed by atoms with E-state index in [1.807, 2.05) is 0 Å². The topological polar surface area (TPSA) is 39.2 Å². The highest BCUT2D eigenvalue weighted by Crippen LogP contribution is 2.35. The van der Waals surface area contributed by atoms with Crippen molar-refractivity contribution in [1.29, 1.82) is 0 Å². The summed E-state index contributed by atoms with van der Waals surface area (Å²) < 4.78 is 42.1. The third kappa shape index (κ3) is 4.28. The highest BCUT2D eigenvalue weighted by Gasteiger charge is 2.30. The molecular formula is C13H12BrF3NO2S+. The van der Waals surface area contributed by atoms with Crippen LogP contribution in [0.15, 0.2) is 35.8 Å². The highest BCUT2D eigenvalue weighted by molar-refractivity contribution is 8.93. The molecule has 1 aromatic heterocycles. The number of ether oxygens (including phenoxy) is 1. The minimum absolute atomic E-state index is 0. The molecule has 2 rings (SSSR count). The van der Waals surface area contributed by atoms with Crippen LogP contribution in [0.25, 0.3) is 10.6 Å². The quantitative estimate of drug-likeness (QED) is 0.587. The molecule has 0 fully saturated rings. The summed E-state index contributed by atoms with van der Waals surface area (Å²) in [6, 6.07) is 4.75. The predicted octanol–water partition coefficient (Wildman–Crippen LogP) is 4.27. The normalized spacial score (nSPS) is 11.7. The number of hydrogen-bond donors (Lipinski definition) is 0. The van der Waals surface area contributed by atoms with Gasteiger partial charge in [-0.2, -0.15) is 13.2 Å². The molecule has 1 atom stereocenters. The van der Waals surface area contributed by atoms with Crippen molar-refractivity contribution >= 4 is 33.4 Å². The lowest BCUT2D eigenvalue weighted by atomic mass is 10.1. The molecule has 3 nitrogen and oxygen atoms in total. The minimum atomic E-state index is -4.36. The Labute approximate surface area is 132 Å². The molecule has 0 aliphatic rings. The van der Waals surface area contributed by atoms with Crippen molar-refractivity contribution < 1.29 is 22.7 Å². The largest absolute Gasteiger partial charge is 0.465 e. The van der Waals surface area contributed by atoms with Crippen LogP contribution in [0.4, 0.5) is 13.2 Å². The number of esters is 1. The highest BCUT2D eigenvalue weighted by atomic mass is 79.9. The fraction of sp³-hybridized carbons (Fsp3) is 0.231. The fourth-order valence-corrected chi connectivity index (χ4v) is 3.21. The number of halogens is 4. The van der Waals surface area contributed by atoms with Gasteiger partial charge in [-0.15, -0.1) is 17.0 Å². The van der Waals surface area contributed by atoms with E-state index in [9.17, 15) is 18.0 Å². The summed E-state index contributed by atoms with van der Waals surface area (Å²) in [6.07, 6.45) is -2.80. The maximum Gasteiger partial charge on any atom is 0.416 e. The van der Waals surface area contributed by atoms with Crippen LogP contribution in [-0.2, 0) is 21.5 Å². The standard InChI is InChI=1S/C13H11F3NO2S.BrH/c1-19-11(18)8-20-7-6-17-12(20)9-2-4-10(5-3-9)13(14,15)16;/h2-7H,8H2,1H3;1H/q+1;. The van der Waals surface area contributed by atoms with E-state index in [1.165, 1.54) is 19.2 Å². The van der Waals surface area contributed by atoms with Gasteiger partial charge in [0, 0.05) is 10.5 Å². The number of thiazole rings is 1. The van der Waals surface area contributed by atoms with E-state index in [-0.39, 0.29) is 28.7 Å². The van der Waals surface area contributed by atoms with E-state index in [4.69, 9.17) is 0 Å². The van der Waals surface area contributed by atoms with Crippen molar-refractivity contribution in [3.05, 3.63) is 41.4 Å². The number of carbonyl (C=O) groups excluding carboxylic acids is 1. The average Bonchev–Trinajstić information content (AvgIpc) is 2.86. The van der Waals surface area contributed by atoms with Gasteiger partial charge in [0.15, 0.2) is 5.38 Å². The summed E-state index contributed by atoms with van der Waals surface area (Å²) in [5, 5.41) is 2.35. The average molecular weight is 383 g/mol. The van der Waals surface area contributed by atoms with Crippen LogP contribution in [0, 0.1) is 0 Å². The van der Waals surface area contributed by atoms with Crippen molar-refractivity contribution in [2.75, 3.05) is 7.11 Å². The van der Waals surface area contributed by atoms with E-state index < -0.39 is 22.2 Å². The molecule has 1 unspecified atom stereocenters. The van der Waals surface area contributed by atoms with Gasteiger partial charge in [0.1, 0.15) is 0 Å². The summed E-state index contributed by atoms with van der Waals surface area (Å²) in [7, 11) is 0.732. The molecule has 0 saturated carbocycles. The second-order valence-corrected chi connectivity index (χ2v) is 5.75. The summed E-state index contributed by atoms with van der Waals surface area (Å²) in [6.45, 7) is 0. The fourth-order valence-electron chi connectivity index (χ4n) is 1.63. The molecular weight excluding hydrogens is 371 g/mol. The van der Waals surface area contributed by atoms with Crippen molar-refractivity contribution in [2.45, 2.75) is 11.9 Å². The van der Waals surface area contributed by atoms with E-state index in [0.717, 1.165) is 12.1 Å². The zero-order chi connectivity index (χ0) is 14.8. The molecule has 1 aromatic carbocycles. The first-order valence-corrected chi connectivity index (χ1v) is 7.06. The lowest BCUT2D eigenvalue weighted by molar-refractivity contribution is -0.139. The molecule has 0 bridgehead atoms. The van der Waals surface area contributed by atoms with Gasteiger partial charge in [-0.1, -0.05) is 0 Å². The van der Waals surface area contributed by atoms with Crippen LogP contribution >= 0.6 is 27.5 Å². The van der Waals surface area contributed by atoms with E-state index in [0.29, 0.717) is 10.6 Å². The Morgan fingerprint density at radius 2 is 1.90 bits per heavy atom. The number of nitrogens with zero attached hydrogens (tertiary/aromatic N) is 1. The number of methoxy groups -OCH3 is 1. The summed E-state index contributed by atoms with van der Waals surface area (Å²) >= 11 is 0. The Kier molecular flexibility index (Phi) is 5.91. The molecule has 0 radical (unpaired) electrons. The van der Waals surface area contributed by atoms with Crippen LogP contribution in [0.2, 0.25) is 0 Å². The molecule has 0 amide bonds. The van der Waals surface area contributed by atoms with Crippen molar-refractivity contribution in [2.24, 2.45) is 0 Å². The van der Waals surface area contributed by atoms with Gasteiger partial charge in [-0.3, -0.25) is 0 Å². The zero-order valence-corrected chi connectivity index (χ0v) is 13.4. The van der Waals surface area contributed by atoms with Crippen molar-refractivity contribution in [3.63, 3.8) is 0 Å². The summed E-state index contributed by atoms with van der Waals surface area (Å²) in [5.41, 5.74) is -0.129. The predicted molar refractivity (Wildman–Crippen MR) is 79.5 cm³/mol. The Morgan fingerprint density at radius 3 is 2.43 bits per heavy atom. The Bertz CT molecular complexity index is 611. The monoisotopic (exact) mass is 382 g/mol. The third-order valence-electron chi connectivity index (χ3n) is 2.63. The first-order valence-electron chi connectivity index (χ1n) is 5.60. The number of carbonyl (C=O) groups is 1. The number of aromatic nitrogens is 1. The van der Waals surface area contributed by atoms with Crippen molar-refractivity contribution in [3.8, 4) is 10.6 Å². The van der Waals surface area contributed by atoms with Gasteiger partial charge in [-0.05, 0) is 24.3 Å². The minimum Gasteiger partial charge on any atom is -0.465 e. The molecule has 8 heteroatoms. The molecule has 0 spiro atoms. The van der Waals surface area contributed by atoms with Crippen molar-refractivity contribution in [1.82, 2.24) is 4.98 Å². The van der Waals surface area contributed by atoms with Crippen LogP contribution in [-0.4, -0.2) is 18.1 Å². The van der Waals surface area contributed by atoms with Gasteiger partial charge in [0.25, 0.3) is 5.01 Å². The molecule has 114 valence electrons. The van der Waals surface area contributed by atoms with Gasteiger partial charge < -0.3 is 4.74 Å². The van der Waals surface area contributed by atoms with Crippen LogP contribution in [0.3, 0.4) is 0 Å². The summed E-state index contributed by atoms with van der Waals surface area (Å²) in [4.78, 5) is 15.4. The first-order chi connectivity index (χ1) is 9.41. The molecule has 0 aliphatic heterocycles. The molecule has 0 N–H and O–H groups in total. The van der Waals surface area contributed by atoms with E-state index >= 15 is 0 Å². The number of alkyl halides is 3. The summed E-state index contributed by atoms with van der Waals surface area (Å²) in [5.74, 6) is -0.230. The number of benzene rings is 1.